The third-order valence-corrected chi connectivity index (χ3v) is 7.46. The van der Waals surface area contributed by atoms with Crippen LogP contribution in [0.1, 0.15) is 6.23 Å². The van der Waals surface area contributed by atoms with Crippen LogP contribution in [0.3, 0.4) is 0 Å². The fraction of sp³-hybridized carbons (Fsp3) is 0.500. The zero-order valence-corrected chi connectivity index (χ0v) is 21.4. The molecule has 2 aromatic heterocycles. The van der Waals surface area contributed by atoms with Crippen molar-refractivity contribution < 1.29 is 137 Å². The van der Waals surface area contributed by atoms with E-state index in [4.69, 9.17) is 10.5 Å². The number of aliphatic hydroxyl groups is 2. The molecule has 1 saturated heterocycles. The van der Waals surface area contributed by atoms with Gasteiger partial charge in [0.2, 0.25) is 0 Å². The van der Waals surface area contributed by atoms with E-state index in [1.807, 2.05) is 0 Å². The maximum Gasteiger partial charge on any atom is 1.00 e. The number of fused-ring (bicyclic) bond motifs is 1. The number of phosphoric acid groups is 3. The van der Waals surface area contributed by atoms with E-state index in [0.29, 0.717) is 0 Å². The molecule has 0 bridgehead atoms. The van der Waals surface area contributed by atoms with Gasteiger partial charge in [0, 0.05) is 0 Å². The van der Waals surface area contributed by atoms with Crippen LogP contribution >= 0.6 is 23.5 Å². The fourth-order valence-electron chi connectivity index (χ4n) is 2.60. The summed E-state index contributed by atoms with van der Waals surface area (Å²) in [7, 11) is -18.1. The van der Waals surface area contributed by atoms with Crippen molar-refractivity contribution in [3.63, 3.8) is 0 Å². The summed E-state index contributed by atoms with van der Waals surface area (Å²) >= 11 is 0. The Morgan fingerprint density at radius 3 is 2.14 bits per heavy atom. The Labute approximate surface area is 244 Å². The second kappa shape index (κ2) is 14.4. The molecule has 1 aliphatic rings. The molecule has 3 heterocycles. The molecule has 0 aliphatic carbocycles. The third-order valence-electron chi connectivity index (χ3n) is 3.80. The van der Waals surface area contributed by atoms with Gasteiger partial charge >= 0.3 is 75.4 Å². The summed E-state index contributed by atoms with van der Waals surface area (Å²) in [4.78, 5) is 54.9. The minimum absolute atomic E-state index is 0. The minimum Gasteiger partial charge on any atom is -0.790 e. The predicted octanol–water partition coefficient (Wildman–Crippen LogP) is -16.1. The summed E-state index contributed by atoms with van der Waals surface area (Å²) in [5.41, 5.74) is 5.92. The maximum absolute atomic E-state index is 11.6. The van der Waals surface area contributed by atoms with Crippen LogP contribution in [0.4, 0.5) is 5.82 Å². The van der Waals surface area contributed by atoms with Crippen LogP contribution in [0.25, 0.3) is 11.2 Å². The predicted molar refractivity (Wildman–Crippen MR) is 86.6 cm³/mol. The summed E-state index contributed by atoms with van der Waals surface area (Å²) in [6.45, 7) is -1.08. The number of hydrogen-bond donors (Lipinski definition) is 3. The van der Waals surface area contributed by atoms with E-state index in [0.717, 1.165) is 12.7 Å². The van der Waals surface area contributed by atoms with Crippen molar-refractivity contribution in [3.8, 4) is 0 Å². The molecule has 1 fully saturated rings. The molecule has 25 heteroatoms. The van der Waals surface area contributed by atoms with Crippen molar-refractivity contribution >= 4 is 40.4 Å². The van der Waals surface area contributed by atoms with E-state index in [-0.39, 0.29) is 92.4 Å². The molecular weight excluding hydrogens is 519 g/mol. The van der Waals surface area contributed by atoms with Crippen LogP contribution in [0.15, 0.2) is 12.7 Å². The number of nitrogens with zero attached hydrogens (tertiary/aromatic N) is 4. The van der Waals surface area contributed by atoms with Gasteiger partial charge in [-0.15, -0.1) is 0 Å². The number of nitrogen functional groups attached to an aromatic ring is 1. The molecule has 2 unspecified atom stereocenters. The Kier molecular flexibility index (Phi) is 15.7. The number of phosphoric ester groups is 1. The summed E-state index contributed by atoms with van der Waals surface area (Å²) in [6, 6.07) is 0. The van der Waals surface area contributed by atoms with Gasteiger partial charge in [-0.2, -0.15) is 0 Å². The Morgan fingerprint density at radius 2 is 1.57 bits per heavy atom. The molecular formula is C10H12Li4N5O13P3. The summed E-state index contributed by atoms with van der Waals surface area (Å²) < 4.78 is 50.2. The van der Waals surface area contributed by atoms with Crippen LogP contribution < -0.4 is 101 Å². The third kappa shape index (κ3) is 9.93. The quantitative estimate of drug-likeness (QED) is 0.210. The van der Waals surface area contributed by atoms with Gasteiger partial charge in [0.25, 0.3) is 15.6 Å². The number of ether oxygens (including phenoxy) is 1. The Morgan fingerprint density at radius 1 is 0.971 bits per heavy atom. The smallest absolute Gasteiger partial charge is 0.790 e. The van der Waals surface area contributed by atoms with Crippen molar-refractivity contribution in [2.75, 3.05) is 12.3 Å². The molecule has 0 spiro atoms. The first kappa shape index (κ1) is 38.2. The number of aromatic nitrogens is 4. The molecule has 0 aromatic carbocycles. The number of hydrogen-bond acceptors (Lipinski definition) is 17. The van der Waals surface area contributed by atoms with Crippen molar-refractivity contribution in [2.45, 2.75) is 24.5 Å². The molecule has 3 rings (SSSR count). The first-order chi connectivity index (χ1) is 14.2. The molecule has 174 valence electrons. The van der Waals surface area contributed by atoms with Crippen LogP contribution in [-0.4, -0.2) is 54.7 Å². The molecule has 4 N–H and O–H groups in total. The number of anilines is 1. The Bertz CT molecular complexity index is 1120. The second-order valence-corrected chi connectivity index (χ2v) is 10.2. The maximum atomic E-state index is 11.6. The SMILES string of the molecule is Nc1ncnc2c1ncn2[C@@H]1O[C@H](COP(=O)([O-])OP(=O)([O-])OP(=O)([O-])[O-])[C@@H](O)[C@H]1O.[Li+].[Li+].[Li+].[Li+]. The first-order valence-electron chi connectivity index (χ1n) is 7.85. The van der Waals surface area contributed by atoms with E-state index in [2.05, 4.69) is 28.1 Å². The van der Waals surface area contributed by atoms with Crippen LogP contribution in [0.2, 0.25) is 0 Å². The van der Waals surface area contributed by atoms with Gasteiger partial charge in [0.15, 0.2) is 17.7 Å². The average molecular weight is 531 g/mol. The van der Waals surface area contributed by atoms with Gasteiger partial charge in [0.1, 0.15) is 30.2 Å². The van der Waals surface area contributed by atoms with Gasteiger partial charge in [-0.05, 0) is 0 Å². The molecule has 2 aromatic rings. The van der Waals surface area contributed by atoms with E-state index in [9.17, 15) is 43.5 Å². The number of rotatable bonds is 8. The molecule has 18 nitrogen and oxygen atoms in total. The van der Waals surface area contributed by atoms with Gasteiger partial charge in [-0.25, -0.2) is 19.3 Å². The summed E-state index contributed by atoms with van der Waals surface area (Å²) in [6.07, 6.45) is -3.99. The van der Waals surface area contributed by atoms with E-state index in [1.54, 1.807) is 0 Å². The summed E-state index contributed by atoms with van der Waals surface area (Å²) in [5.74, 6) is 0.0195. The first-order valence-corrected chi connectivity index (χ1v) is 12.2. The minimum atomic E-state index is -6.14. The molecule has 0 radical (unpaired) electrons. The van der Waals surface area contributed by atoms with Gasteiger partial charge < -0.3 is 49.3 Å². The van der Waals surface area contributed by atoms with Gasteiger partial charge in [0.05, 0.1) is 20.8 Å². The summed E-state index contributed by atoms with van der Waals surface area (Å²) in [5, 5.41) is 20.3. The zero-order chi connectivity index (χ0) is 23.2. The van der Waals surface area contributed by atoms with Crippen molar-refractivity contribution in [1.29, 1.82) is 0 Å². The van der Waals surface area contributed by atoms with Crippen LogP contribution in [-0.2, 0) is 31.6 Å². The molecule has 0 saturated carbocycles. The number of nitrogens with two attached hydrogens (primary N) is 1. The monoisotopic (exact) mass is 531 g/mol. The van der Waals surface area contributed by atoms with E-state index >= 15 is 0 Å². The fourth-order valence-corrected chi connectivity index (χ4v) is 5.47. The zero-order valence-electron chi connectivity index (χ0n) is 18.8. The number of imidazole rings is 1. The molecule has 6 atom stereocenters. The molecule has 35 heavy (non-hydrogen) atoms. The molecule has 1 aliphatic heterocycles. The average Bonchev–Trinajstić information content (AvgIpc) is 3.13. The number of aliphatic hydroxyl groups excluding tert-OH is 2. The largest absolute Gasteiger partial charge is 1.00 e. The van der Waals surface area contributed by atoms with Crippen LogP contribution in [0.5, 0.6) is 0 Å². The normalized spacial score (nSPS) is 25.2. The van der Waals surface area contributed by atoms with E-state index in [1.165, 1.54) is 4.57 Å². The van der Waals surface area contributed by atoms with Crippen LogP contribution in [0, 0.1) is 0 Å². The van der Waals surface area contributed by atoms with E-state index < -0.39 is 54.6 Å². The Balaban J connectivity index is 0. The van der Waals surface area contributed by atoms with Crippen molar-refractivity contribution in [2.24, 2.45) is 0 Å². The standard InChI is InChI=1S/C10H16N5O13P3.4Li/c11-8-5-9(13-2-12-8)15(3-14-5)10-7(17)6(16)4(26-10)1-25-30(21,22)28-31(23,24)27-29(18,19)20;;;;/h2-4,6-7,10,16-17H,1H2,(H,21,22)(H,23,24)(H2,11,12,13)(H2,18,19,20);;;;/q;4*+1/p-4/t4-,6-,7-,10-;;;;/m1..../s1. The second-order valence-electron chi connectivity index (χ2n) is 5.93. The van der Waals surface area contributed by atoms with Crippen molar-refractivity contribution in [3.05, 3.63) is 12.7 Å². The molecule has 0 amide bonds. The van der Waals surface area contributed by atoms with Gasteiger partial charge in [-0.3, -0.25) is 18.0 Å². The van der Waals surface area contributed by atoms with Gasteiger partial charge in [-0.1, -0.05) is 0 Å². The topological polar surface area (TPSA) is 290 Å². The van der Waals surface area contributed by atoms with Crippen molar-refractivity contribution in [1.82, 2.24) is 19.5 Å². The Hall–Kier alpha value is 1.03.